The number of likely N-dealkylation sites (N-methyl/N-ethyl adjacent to an activating group) is 1. The molecule has 0 aromatic carbocycles. The predicted molar refractivity (Wildman–Crippen MR) is 209 cm³/mol. The second kappa shape index (κ2) is 36.1. The number of phosphoric ester groups is 1. The Morgan fingerprint density at radius 2 is 1.06 bits per heavy atom. The van der Waals surface area contributed by atoms with Crippen LogP contribution < -0.4 is 5.32 Å². The molecule has 0 radical (unpaired) electrons. The normalized spacial score (nSPS) is 14.1. The highest BCUT2D eigenvalue weighted by Crippen LogP contribution is 2.43. The third kappa shape index (κ3) is 32.6. The molecular weight excluding hydrogens is 651 g/mol. The highest BCUT2D eigenvalue weighted by molar-refractivity contribution is 7.47. The molecule has 0 aliphatic rings. The van der Waals surface area contributed by atoms with Crippen LogP contribution in [0.5, 0.6) is 0 Å². The maximum Gasteiger partial charge on any atom is 0.472 e. The fourth-order valence-corrected chi connectivity index (χ4v) is 6.69. The topological polar surface area (TPSA) is 127 Å². The highest BCUT2D eigenvalue weighted by atomic mass is 31.2. The number of carbonyl (C=O) groups excluding carboxylic acids is 1. The molecule has 296 valence electrons. The zero-order valence-electron chi connectivity index (χ0n) is 32.9. The van der Waals surface area contributed by atoms with Crippen molar-refractivity contribution in [1.29, 1.82) is 5.41 Å². The molecule has 0 aliphatic heterocycles. The lowest BCUT2D eigenvalue weighted by Crippen LogP contribution is -2.46. The Kier molecular flexibility index (Phi) is 35.2. The Morgan fingerprint density at radius 1 is 0.640 bits per heavy atom. The number of phosphoric acid groups is 1. The minimum absolute atomic E-state index is 0.00810. The monoisotopic (exact) mass is 731 g/mol. The summed E-state index contributed by atoms with van der Waals surface area (Å²) in [5, 5.41) is 11.3. The lowest BCUT2D eigenvalue weighted by Gasteiger charge is -2.28. The zero-order valence-corrected chi connectivity index (χ0v) is 33.8. The number of esters is 1. The van der Waals surface area contributed by atoms with E-state index in [0.717, 1.165) is 51.4 Å². The van der Waals surface area contributed by atoms with Gasteiger partial charge in [0.05, 0.1) is 6.61 Å². The standard InChI is InChI=1S/C40H79N2O7P/c1-5-8-10-12-14-16-18-20-21-23-24-26-28-30-32-34-38(41)48-37(36-47-50(44,45)46-7-3)40(42-4)49-39(43)35-33-31-29-27-25-22-19-17-15-13-11-9-6-2/h20-21,37,40-42H,5-19,22-36H2,1-4H3,(H,44,45)/b21-20-,41-38?/t37-,40?/m0/s1. The minimum Gasteiger partial charge on any atom is -0.470 e. The molecule has 0 saturated heterocycles. The van der Waals surface area contributed by atoms with Gasteiger partial charge in [-0.2, -0.15) is 0 Å². The van der Waals surface area contributed by atoms with Crippen molar-refractivity contribution in [2.24, 2.45) is 0 Å². The van der Waals surface area contributed by atoms with E-state index in [-0.39, 0.29) is 31.5 Å². The molecule has 0 saturated carbocycles. The summed E-state index contributed by atoms with van der Waals surface area (Å²) in [5.74, 6) is -0.338. The Balaban J connectivity index is 4.39. The zero-order chi connectivity index (χ0) is 37.0. The van der Waals surface area contributed by atoms with Gasteiger partial charge in [0.2, 0.25) is 0 Å². The largest absolute Gasteiger partial charge is 0.472 e. The van der Waals surface area contributed by atoms with Crippen LogP contribution in [-0.4, -0.2) is 49.4 Å². The number of unbranched alkanes of at least 4 members (excludes halogenated alkanes) is 23. The van der Waals surface area contributed by atoms with Crippen molar-refractivity contribution in [3.8, 4) is 0 Å². The van der Waals surface area contributed by atoms with Crippen molar-refractivity contribution < 1.29 is 32.8 Å². The molecule has 0 rings (SSSR count). The smallest absolute Gasteiger partial charge is 0.470 e. The molecular formula is C40H79N2O7P. The summed E-state index contributed by atoms with van der Waals surface area (Å²) in [6.07, 6.45) is 35.0. The average Bonchev–Trinajstić information content (AvgIpc) is 3.09. The Hall–Kier alpha value is -1.25. The van der Waals surface area contributed by atoms with Crippen LogP contribution in [0.15, 0.2) is 12.2 Å². The van der Waals surface area contributed by atoms with E-state index in [1.54, 1.807) is 14.0 Å². The van der Waals surface area contributed by atoms with E-state index in [4.69, 9.17) is 23.9 Å². The van der Waals surface area contributed by atoms with E-state index in [1.165, 1.54) is 116 Å². The lowest BCUT2D eigenvalue weighted by atomic mass is 10.0. The van der Waals surface area contributed by atoms with Crippen molar-refractivity contribution >= 4 is 19.7 Å². The molecule has 0 fully saturated rings. The van der Waals surface area contributed by atoms with E-state index >= 15 is 0 Å². The quantitative estimate of drug-likeness (QED) is 0.0109. The fourth-order valence-electron chi connectivity index (χ4n) is 5.96. The van der Waals surface area contributed by atoms with Gasteiger partial charge >= 0.3 is 13.8 Å². The predicted octanol–water partition coefficient (Wildman–Crippen LogP) is 12.1. The maximum atomic E-state index is 12.7. The summed E-state index contributed by atoms with van der Waals surface area (Å²) in [6, 6.07) is 0. The molecule has 9 nitrogen and oxygen atoms in total. The molecule has 0 bridgehead atoms. The van der Waals surface area contributed by atoms with Crippen molar-refractivity contribution in [1.82, 2.24) is 5.32 Å². The first-order valence-corrected chi connectivity index (χ1v) is 22.2. The molecule has 0 amide bonds. The average molecular weight is 731 g/mol. The van der Waals surface area contributed by atoms with Crippen LogP contribution >= 0.6 is 7.82 Å². The molecule has 10 heteroatoms. The summed E-state index contributed by atoms with van der Waals surface area (Å²) in [5.41, 5.74) is 0. The van der Waals surface area contributed by atoms with Crippen molar-refractivity contribution in [2.75, 3.05) is 20.3 Å². The molecule has 3 N–H and O–H groups in total. The number of allylic oxidation sites excluding steroid dienone is 2. The number of rotatable bonds is 38. The van der Waals surface area contributed by atoms with Crippen LogP contribution in [0.1, 0.15) is 201 Å². The summed E-state index contributed by atoms with van der Waals surface area (Å²) in [4.78, 5) is 22.6. The van der Waals surface area contributed by atoms with Gasteiger partial charge in [0, 0.05) is 12.8 Å². The molecule has 0 spiro atoms. The second-order valence-corrected chi connectivity index (χ2v) is 15.2. The highest BCUT2D eigenvalue weighted by Gasteiger charge is 2.31. The van der Waals surface area contributed by atoms with Gasteiger partial charge in [0.25, 0.3) is 0 Å². The van der Waals surface area contributed by atoms with Crippen LogP contribution in [0.2, 0.25) is 0 Å². The maximum absolute atomic E-state index is 12.7. The SMILES string of the molecule is CCCCCCCC/C=C\CCCCCCCC(=N)O[C@@H](COP(=O)(O)OCC)C(NC)OC(=O)CCCCCCCCCCCCCCC. The Labute approximate surface area is 307 Å². The van der Waals surface area contributed by atoms with Crippen molar-refractivity contribution in [2.45, 2.75) is 213 Å². The van der Waals surface area contributed by atoms with Crippen LogP contribution in [0, 0.1) is 5.41 Å². The number of carbonyl (C=O) groups is 1. The van der Waals surface area contributed by atoms with Crippen molar-refractivity contribution in [3.63, 3.8) is 0 Å². The lowest BCUT2D eigenvalue weighted by molar-refractivity contribution is -0.158. The summed E-state index contributed by atoms with van der Waals surface area (Å²) < 4.78 is 33.6. The van der Waals surface area contributed by atoms with Gasteiger partial charge in [0.15, 0.2) is 18.2 Å². The molecule has 0 aromatic heterocycles. The summed E-state index contributed by atoms with van der Waals surface area (Å²) in [7, 11) is -2.68. The number of ether oxygens (including phenoxy) is 2. The molecule has 50 heavy (non-hydrogen) atoms. The van der Waals surface area contributed by atoms with Gasteiger partial charge in [0.1, 0.15) is 6.61 Å². The first kappa shape index (κ1) is 48.8. The first-order chi connectivity index (χ1) is 24.3. The summed E-state index contributed by atoms with van der Waals surface area (Å²) >= 11 is 0. The van der Waals surface area contributed by atoms with E-state index in [0.29, 0.717) is 6.42 Å². The van der Waals surface area contributed by atoms with E-state index in [9.17, 15) is 14.3 Å². The van der Waals surface area contributed by atoms with Crippen LogP contribution in [-0.2, 0) is 27.9 Å². The van der Waals surface area contributed by atoms with Crippen LogP contribution in [0.3, 0.4) is 0 Å². The minimum atomic E-state index is -4.30. The number of hydrogen-bond donors (Lipinski definition) is 3. The van der Waals surface area contributed by atoms with Crippen molar-refractivity contribution in [3.05, 3.63) is 12.2 Å². The van der Waals surface area contributed by atoms with Crippen LogP contribution in [0.4, 0.5) is 0 Å². The first-order valence-electron chi connectivity index (χ1n) is 20.7. The van der Waals surface area contributed by atoms with E-state index < -0.39 is 20.2 Å². The molecule has 2 unspecified atom stereocenters. The molecule has 0 aromatic rings. The van der Waals surface area contributed by atoms with Gasteiger partial charge in [-0.1, -0.05) is 154 Å². The van der Waals surface area contributed by atoms with Gasteiger partial charge in [-0.25, -0.2) is 4.57 Å². The van der Waals surface area contributed by atoms with Gasteiger partial charge in [-0.05, 0) is 52.5 Å². The molecule has 3 atom stereocenters. The Bertz CT molecular complexity index is 858. The molecule has 0 heterocycles. The summed E-state index contributed by atoms with van der Waals surface area (Å²) in [6.45, 7) is 5.73. The van der Waals surface area contributed by atoms with Gasteiger partial charge < -0.3 is 14.4 Å². The number of nitrogens with one attached hydrogen (secondary N) is 2. The third-order valence-corrected chi connectivity index (χ3v) is 10.1. The second-order valence-electron chi connectivity index (χ2n) is 13.8. The number of hydrogen-bond acceptors (Lipinski definition) is 8. The van der Waals surface area contributed by atoms with Gasteiger partial charge in [-0.3, -0.25) is 24.6 Å². The van der Waals surface area contributed by atoms with Crippen LogP contribution in [0.25, 0.3) is 0 Å². The van der Waals surface area contributed by atoms with Gasteiger partial charge in [-0.15, -0.1) is 0 Å². The molecule has 0 aliphatic carbocycles. The van der Waals surface area contributed by atoms with E-state index in [2.05, 4.69) is 31.3 Å². The Morgan fingerprint density at radius 3 is 1.50 bits per heavy atom. The fraction of sp³-hybridized carbons (Fsp3) is 0.900. The third-order valence-electron chi connectivity index (χ3n) is 9.02. The van der Waals surface area contributed by atoms with E-state index in [1.807, 2.05) is 0 Å².